The number of rotatable bonds is 3. The van der Waals surface area contributed by atoms with Gasteiger partial charge in [-0.2, -0.15) is 0 Å². The lowest BCUT2D eigenvalue weighted by atomic mass is 9.87. The Morgan fingerprint density at radius 3 is 2.72 bits per heavy atom. The average Bonchev–Trinajstić information content (AvgIpc) is 2.64. The lowest BCUT2D eigenvalue weighted by Gasteiger charge is -2.25. The minimum Gasteiger partial charge on any atom is -0.495 e. The molecule has 2 nitrogen and oxygen atoms in total. The van der Waals surface area contributed by atoms with Gasteiger partial charge in [-0.25, -0.2) is 0 Å². The van der Waals surface area contributed by atoms with Crippen LogP contribution >= 0.6 is 11.6 Å². The molecule has 0 spiro atoms. The molecule has 2 rings (SSSR count). The first-order valence-corrected chi connectivity index (χ1v) is 7.14. The summed E-state index contributed by atoms with van der Waals surface area (Å²) in [5.41, 5.74) is 1.34. The van der Waals surface area contributed by atoms with E-state index in [9.17, 15) is 0 Å². The van der Waals surface area contributed by atoms with Crippen molar-refractivity contribution < 1.29 is 4.74 Å². The molecule has 1 aromatic rings. The van der Waals surface area contributed by atoms with E-state index in [-0.39, 0.29) is 0 Å². The van der Waals surface area contributed by atoms with Crippen LogP contribution in [-0.2, 0) is 0 Å². The summed E-state index contributed by atoms with van der Waals surface area (Å²) >= 11 is 6.10. The molecule has 1 aliphatic rings. The van der Waals surface area contributed by atoms with Crippen LogP contribution in [0, 0.1) is 0 Å². The second-order valence-corrected chi connectivity index (χ2v) is 5.44. The van der Waals surface area contributed by atoms with Crippen LogP contribution in [0.1, 0.15) is 43.6 Å². The van der Waals surface area contributed by atoms with Crippen LogP contribution in [0.5, 0.6) is 5.75 Å². The highest BCUT2D eigenvalue weighted by Gasteiger charge is 2.24. The van der Waals surface area contributed by atoms with Gasteiger partial charge in [0.25, 0.3) is 0 Å². The number of nitrogens with one attached hydrogen (secondary N) is 1. The minimum absolute atomic E-state index is 0.568. The van der Waals surface area contributed by atoms with Crippen LogP contribution in [0.15, 0.2) is 18.2 Å². The van der Waals surface area contributed by atoms with Crippen molar-refractivity contribution in [2.75, 3.05) is 14.2 Å². The van der Waals surface area contributed by atoms with Crippen molar-refractivity contribution in [3.8, 4) is 5.75 Å². The molecule has 1 saturated carbocycles. The zero-order chi connectivity index (χ0) is 13.0. The van der Waals surface area contributed by atoms with Crippen LogP contribution < -0.4 is 10.1 Å². The normalized spacial score (nSPS) is 24.6. The molecule has 0 bridgehead atoms. The summed E-state index contributed by atoms with van der Waals surface area (Å²) in [4.78, 5) is 0. The molecule has 1 fully saturated rings. The van der Waals surface area contributed by atoms with E-state index in [0.717, 1.165) is 5.75 Å². The predicted molar refractivity (Wildman–Crippen MR) is 76.7 cm³/mol. The summed E-state index contributed by atoms with van der Waals surface area (Å²) in [6.45, 7) is 0. The fourth-order valence-corrected chi connectivity index (χ4v) is 3.15. The molecule has 2 atom stereocenters. The fraction of sp³-hybridized carbons (Fsp3) is 0.600. The number of ether oxygens (including phenoxy) is 1. The SMILES string of the molecule is CNC1CCCCCC1c1ccc(Cl)c(OC)c1. The summed E-state index contributed by atoms with van der Waals surface area (Å²) in [6.07, 6.45) is 6.49. The van der Waals surface area contributed by atoms with E-state index in [2.05, 4.69) is 24.5 Å². The molecular formula is C15H22ClNO. The Hall–Kier alpha value is -0.730. The smallest absolute Gasteiger partial charge is 0.137 e. The number of hydrogen-bond donors (Lipinski definition) is 1. The lowest BCUT2D eigenvalue weighted by Crippen LogP contribution is -2.31. The fourth-order valence-electron chi connectivity index (χ4n) is 2.96. The van der Waals surface area contributed by atoms with Gasteiger partial charge in [0, 0.05) is 6.04 Å². The van der Waals surface area contributed by atoms with Crippen LogP contribution in [-0.4, -0.2) is 20.2 Å². The molecule has 1 aliphatic carbocycles. The first-order chi connectivity index (χ1) is 8.76. The van der Waals surface area contributed by atoms with E-state index < -0.39 is 0 Å². The van der Waals surface area contributed by atoms with Crippen LogP contribution in [0.4, 0.5) is 0 Å². The summed E-state index contributed by atoms with van der Waals surface area (Å²) in [7, 11) is 3.74. The first-order valence-electron chi connectivity index (χ1n) is 6.77. The van der Waals surface area contributed by atoms with Crippen LogP contribution in [0.25, 0.3) is 0 Å². The molecule has 0 aromatic heterocycles. The predicted octanol–water partition coefficient (Wildman–Crippen LogP) is 3.98. The highest BCUT2D eigenvalue weighted by atomic mass is 35.5. The lowest BCUT2D eigenvalue weighted by molar-refractivity contribution is 0.409. The van der Waals surface area contributed by atoms with E-state index in [1.54, 1.807) is 7.11 Å². The molecule has 18 heavy (non-hydrogen) atoms. The molecule has 2 unspecified atom stereocenters. The summed E-state index contributed by atoms with van der Waals surface area (Å²) in [5.74, 6) is 1.36. The zero-order valence-electron chi connectivity index (χ0n) is 11.2. The number of halogens is 1. The molecule has 0 heterocycles. The van der Waals surface area contributed by atoms with Crippen molar-refractivity contribution in [1.29, 1.82) is 0 Å². The molecule has 1 N–H and O–H groups in total. The van der Waals surface area contributed by atoms with Crippen molar-refractivity contribution >= 4 is 11.6 Å². The Morgan fingerprint density at radius 1 is 1.22 bits per heavy atom. The van der Waals surface area contributed by atoms with Crippen LogP contribution in [0.2, 0.25) is 5.02 Å². The molecule has 3 heteroatoms. The third-order valence-corrected chi connectivity index (χ3v) is 4.30. The summed E-state index contributed by atoms with van der Waals surface area (Å²) in [5, 5.41) is 4.16. The molecule has 0 amide bonds. The van der Waals surface area contributed by atoms with Gasteiger partial charge in [-0.05, 0) is 43.5 Å². The second-order valence-electron chi connectivity index (χ2n) is 5.03. The summed E-state index contributed by atoms with van der Waals surface area (Å²) in [6, 6.07) is 6.76. The van der Waals surface area contributed by atoms with Gasteiger partial charge in [-0.3, -0.25) is 0 Å². The quantitative estimate of drug-likeness (QED) is 0.837. The van der Waals surface area contributed by atoms with E-state index in [4.69, 9.17) is 16.3 Å². The maximum atomic E-state index is 6.10. The Balaban J connectivity index is 2.26. The number of hydrogen-bond acceptors (Lipinski definition) is 2. The Labute approximate surface area is 115 Å². The van der Waals surface area contributed by atoms with E-state index >= 15 is 0 Å². The van der Waals surface area contributed by atoms with Crippen molar-refractivity contribution in [2.24, 2.45) is 0 Å². The second kappa shape index (κ2) is 6.44. The largest absolute Gasteiger partial charge is 0.495 e. The van der Waals surface area contributed by atoms with Gasteiger partial charge < -0.3 is 10.1 Å². The first kappa shape index (κ1) is 13.7. The van der Waals surface area contributed by atoms with Gasteiger partial charge in [-0.1, -0.05) is 36.9 Å². The van der Waals surface area contributed by atoms with Gasteiger partial charge in [0.15, 0.2) is 0 Å². The highest BCUT2D eigenvalue weighted by molar-refractivity contribution is 6.32. The van der Waals surface area contributed by atoms with Gasteiger partial charge >= 0.3 is 0 Å². The number of benzene rings is 1. The third-order valence-electron chi connectivity index (χ3n) is 3.99. The molecule has 0 radical (unpaired) electrons. The Morgan fingerprint density at radius 2 is 2.00 bits per heavy atom. The van der Waals surface area contributed by atoms with Crippen molar-refractivity contribution in [2.45, 2.75) is 44.1 Å². The van der Waals surface area contributed by atoms with Crippen molar-refractivity contribution in [3.05, 3.63) is 28.8 Å². The van der Waals surface area contributed by atoms with Gasteiger partial charge in [-0.15, -0.1) is 0 Å². The standard InChI is InChI=1S/C15H22ClNO/c1-17-14-7-5-3-4-6-12(14)11-8-9-13(16)15(10-11)18-2/h8-10,12,14,17H,3-7H2,1-2H3. The molecule has 0 saturated heterocycles. The van der Waals surface area contributed by atoms with E-state index in [0.29, 0.717) is 17.0 Å². The van der Waals surface area contributed by atoms with Crippen molar-refractivity contribution in [1.82, 2.24) is 5.32 Å². The maximum Gasteiger partial charge on any atom is 0.137 e. The van der Waals surface area contributed by atoms with Crippen LogP contribution in [0.3, 0.4) is 0 Å². The monoisotopic (exact) mass is 267 g/mol. The van der Waals surface area contributed by atoms with E-state index in [1.807, 2.05) is 6.07 Å². The summed E-state index contributed by atoms with van der Waals surface area (Å²) < 4.78 is 5.32. The van der Waals surface area contributed by atoms with Gasteiger partial charge in [0.2, 0.25) is 0 Å². The van der Waals surface area contributed by atoms with Gasteiger partial charge in [0.05, 0.1) is 12.1 Å². The molecular weight excluding hydrogens is 246 g/mol. The third kappa shape index (κ3) is 2.99. The Kier molecular flexibility index (Phi) is 4.90. The topological polar surface area (TPSA) is 21.3 Å². The number of methoxy groups -OCH3 is 1. The zero-order valence-corrected chi connectivity index (χ0v) is 12.0. The highest BCUT2D eigenvalue weighted by Crippen LogP contribution is 2.35. The van der Waals surface area contributed by atoms with Crippen molar-refractivity contribution in [3.63, 3.8) is 0 Å². The average molecular weight is 268 g/mol. The molecule has 0 aliphatic heterocycles. The minimum atomic E-state index is 0.568. The maximum absolute atomic E-state index is 6.10. The number of likely N-dealkylation sites (N-methyl/N-ethyl adjacent to an activating group) is 1. The van der Waals surface area contributed by atoms with Gasteiger partial charge in [0.1, 0.15) is 5.75 Å². The molecule has 100 valence electrons. The molecule has 1 aromatic carbocycles. The van der Waals surface area contributed by atoms with E-state index in [1.165, 1.54) is 37.7 Å². The Bertz CT molecular complexity index is 394.